The molecule has 2 heterocycles. The molecule has 0 atom stereocenters. The van der Waals surface area contributed by atoms with Crippen LogP contribution in [0, 0.1) is 17.3 Å². The van der Waals surface area contributed by atoms with Crippen molar-refractivity contribution in [1.29, 1.82) is 0 Å². The Morgan fingerprint density at radius 3 is 1.27 bits per heavy atom. The van der Waals surface area contributed by atoms with Gasteiger partial charge in [0.1, 0.15) is 0 Å². The SMILES string of the molecule is CC1CCC(OC2CCC(C)CC2)CC1.CCC1OCC2(CO1)COC(CC)OC2.[HH].[HH]. The molecule has 180 valence electrons. The predicted molar refractivity (Wildman–Crippen MR) is 123 cm³/mol. The lowest BCUT2D eigenvalue weighted by Gasteiger charge is -2.43. The first-order valence-electron chi connectivity index (χ1n) is 12.6. The van der Waals surface area contributed by atoms with Crippen molar-refractivity contribution in [3.05, 3.63) is 0 Å². The standard InChI is InChI=1S/C14H26O.C11H20O4.2H2/c1-11-3-7-13(8-4-11)15-14-9-5-12(2)6-10-14;1-3-9-12-5-11(6-13-9)7-14-10(4-2)15-8-11;;/h11-14H,3-10H2,1-2H3;9-10H,3-8H2,1-2H3;2*1H. The molecule has 30 heavy (non-hydrogen) atoms. The van der Waals surface area contributed by atoms with Gasteiger partial charge < -0.3 is 23.7 Å². The molecule has 0 aromatic carbocycles. The molecule has 1 spiro atoms. The second kappa shape index (κ2) is 12.2. The first kappa shape index (κ1) is 24.4. The van der Waals surface area contributed by atoms with E-state index >= 15 is 0 Å². The summed E-state index contributed by atoms with van der Waals surface area (Å²) in [6.07, 6.45) is 13.7. The highest BCUT2D eigenvalue weighted by atomic mass is 16.7. The lowest BCUT2D eigenvalue weighted by atomic mass is 9.87. The van der Waals surface area contributed by atoms with Crippen LogP contribution in [0.15, 0.2) is 0 Å². The number of rotatable bonds is 4. The van der Waals surface area contributed by atoms with Crippen LogP contribution in [-0.4, -0.2) is 51.2 Å². The molecule has 0 N–H and O–H groups in total. The molecule has 0 aromatic rings. The van der Waals surface area contributed by atoms with Crippen molar-refractivity contribution in [2.75, 3.05) is 26.4 Å². The number of hydrogen-bond acceptors (Lipinski definition) is 5. The highest BCUT2D eigenvalue weighted by molar-refractivity contribution is 4.84. The summed E-state index contributed by atoms with van der Waals surface area (Å²) in [4.78, 5) is 0. The predicted octanol–water partition coefficient (Wildman–Crippen LogP) is 6.19. The molecule has 0 bridgehead atoms. The van der Waals surface area contributed by atoms with E-state index < -0.39 is 0 Å². The first-order chi connectivity index (χ1) is 14.5. The second-order valence-electron chi connectivity index (χ2n) is 10.3. The van der Waals surface area contributed by atoms with Gasteiger partial charge in [-0.2, -0.15) is 0 Å². The number of ether oxygens (including phenoxy) is 5. The van der Waals surface area contributed by atoms with Gasteiger partial charge >= 0.3 is 0 Å². The van der Waals surface area contributed by atoms with Gasteiger partial charge in [-0.1, -0.05) is 27.7 Å². The van der Waals surface area contributed by atoms with Crippen molar-refractivity contribution in [2.45, 2.75) is 117 Å². The van der Waals surface area contributed by atoms with Crippen molar-refractivity contribution in [3.8, 4) is 0 Å². The van der Waals surface area contributed by atoms with Gasteiger partial charge in [0.2, 0.25) is 0 Å². The Morgan fingerprint density at radius 2 is 0.967 bits per heavy atom. The Morgan fingerprint density at radius 1 is 0.633 bits per heavy atom. The molecule has 0 aromatic heterocycles. The lowest BCUT2D eigenvalue weighted by molar-refractivity contribution is -0.302. The Balaban J connectivity index is 0.000000301. The summed E-state index contributed by atoms with van der Waals surface area (Å²) in [5, 5.41) is 0. The fourth-order valence-corrected chi connectivity index (χ4v) is 4.90. The third-order valence-electron chi connectivity index (χ3n) is 7.28. The molecule has 5 heteroatoms. The van der Waals surface area contributed by atoms with E-state index in [2.05, 4.69) is 27.7 Å². The fraction of sp³-hybridized carbons (Fsp3) is 1.00. The van der Waals surface area contributed by atoms with Crippen LogP contribution in [0.2, 0.25) is 0 Å². The van der Waals surface area contributed by atoms with Crippen LogP contribution in [-0.2, 0) is 23.7 Å². The van der Waals surface area contributed by atoms with Gasteiger partial charge in [-0.05, 0) is 76.0 Å². The van der Waals surface area contributed by atoms with Gasteiger partial charge in [-0.25, -0.2) is 0 Å². The van der Waals surface area contributed by atoms with Gasteiger partial charge in [-0.3, -0.25) is 0 Å². The van der Waals surface area contributed by atoms with E-state index in [1.165, 1.54) is 51.4 Å². The summed E-state index contributed by atoms with van der Waals surface area (Å²) < 4.78 is 28.7. The molecule has 2 saturated heterocycles. The van der Waals surface area contributed by atoms with Crippen LogP contribution in [0.1, 0.15) is 94.8 Å². The maximum absolute atomic E-state index is 6.23. The molecule has 2 aliphatic heterocycles. The highest BCUT2D eigenvalue weighted by Gasteiger charge is 2.41. The zero-order valence-corrected chi connectivity index (χ0v) is 19.9. The molecule has 0 radical (unpaired) electrons. The molecule has 4 aliphatic rings. The first-order valence-corrected chi connectivity index (χ1v) is 12.6. The van der Waals surface area contributed by atoms with E-state index in [0.29, 0.717) is 38.6 Å². The van der Waals surface area contributed by atoms with E-state index in [9.17, 15) is 0 Å². The molecular weight excluding hydrogens is 380 g/mol. The minimum absolute atomic E-state index is 0. The van der Waals surface area contributed by atoms with Gasteiger partial charge in [0.15, 0.2) is 12.6 Å². The van der Waals surface area contributed by atoms with E-state index in [4.69, 9.17) is 23.7 Å². The Hall–Kier alpha value is -0.200. The Labute approximate surface area is 187 Å². The molecule has 0 amide bonds. The Bertz CT molecular complexity index is 417. The second-order valence-corrected chi connectivity index (χ2v) is 10.3. The lowest BCUT2D eigenvalue weighted by Crippen LogP contribution is -2.52. The molecule has 0 unspecified atom stereocenters. The zero-order valence-electron chi connectivity index (χ0n) is 19.9. The van der Waals surface area contributed by atoms with Gasteiger partial charge in [0, 0.05) is 2.85 Å². The summed E-state index contributed by atoms with van der Waals surface area (Å²) >= 11 is 0. The summed E-state index contributed by atoms with van der Waals surface area (Å²) in [5.41, 5.74) is -0.0721. The topological polar surface area (TPSA) is 46.2 Å². The molecule has 4 fully saturated rings. The summed E-state index contributed by atoms with van der Waals surface area (Å²) in [6, 6.07) is 0. The van der Waals surface area contributed by atoms with E-state index in [1.807, 2.05) is 0 Å². The highest BCUT2D eigenvalue weighted by Crippen LogP contribution is 2.32. The molecule has 4 rings (SSSR count). The average Bonchev–Trinajstić information content (AvgIpc) is 2.78. The summed E-state index contributed by atoms with van der Waals surface area (Å²) in [5.74, 6) is 1.88. The molecule has 2 aliphatic carbocycles. The minimum Gasteiger partial charge on any atom is -0.375 e. The van der Waals surface area contributed by atoms with Crippen molar-refractivity contribution in [2.24, 2.45) is 17.3 Å². The third-order valence-corrected chi connectivity index (χ3v) is 7.28. The maximum Gasteiger partial charge on any atom is 0.157 e. The third kappa shape index (κ3) is 7.44. The van der Waals surface area contributed by atoms with Crippen LogP contribution in [0.4, 0.5) is 0 Å². The Kier molecular flexibility index (Phi) is 9.90. The van der Waals surface area contributed by atoms with Crippen LogP contribution in [0.25, 0.3) is 0 Å². The normalized spacial score (nSPS) is 42.4. The van der Waals surface area contributed by atoms with E-state index in [0.717, 1.165) is 24.7 Å². The van der Waals surface area contributed by atoms with Crippen molar-refractivity contribution < 1.29 is 26.5 Å². The van der Waals surface area contributed by atoms with Crippen LogP contribution >= 0.6 is 0 Å². The van der Waals surface area contributed by atoms with Gasteiger partial charge in [-0.15, -0.1) is 0 Å². The zero-order chi connectivity index (χ0) is 21.4. The average molecular weight is 431 g/mol. The quantitative estimate of drug-likeness (QED) is 0.532. The van der Waals surface area contributed by atoms with Gasteiger partial charge in [0.25, 0.3) is 0 Å². The van der Waals surface area contributed by atoms with Crippen molar-refractivity contribution in [1.82, 2.24) is 0 Å². The summed E-state index contributed by atoms with van der Waals surface area (Å²) in [6.45, 7) is 11.6. The van der Waals surface area contributed by atoms with Crippen molar-refractivity contribution in [3.63, 3.8) is 0 Å². The van der Waals surface area contributed by atoms with Crippen LogP contribution in [0.3, 0.4) is 0 Å². The summed E-state index contributed by atoms with van der Waals surface area (Å²) in [7, 11) is 0. The van der Waals surface area contributed by atoms with Gasteiger partial charge in [0.05, 0.1) is 44.1 Å². The molecule has 2 saturated carbocycles. The van der Waals surface area contributed by atoms with Crippen molar-refractivity contribution >= 4 is 0 Å². The maximum atomic E-state index is 6.23. The van der Waals surface area contributed by atoms with Crippen LogP contribution < -0.4 is 0 Å². The smallest absolute Gasteiger partial charge is 0.157 e. The fourth-order valence-electron chi connectivity index (χ4n) is 4.90. The minimum atomic E-state index is -0.0721. The molecule has 5 nitrogen and oxygen atoms in total. The molecular formula is C25H50O5. The van der Waals surface area contributed by atoms with E-state index in [1.54, 1.807) is 0 Å². The van der Waals surface area contributed by atoms with Crippen LogP contribution in [0.5, 0.6) is 0 Å². The van der Waals surface area contributed by atoms with E-state index in [-0.39, 0.29) is 20.8 Å². The monoisotopic (exact) mass is 430 g/mol. The number of hydrogen-bond donors (Lipinski definition) is 0. The largest absolute Gasteiger partial charge is 0.375 e.